The van der Waals surface area contributed by atoms with Gasteiger partial charge in [0, 0.05) is 29.5 Å². The van der Waals surface area contributed by atoms with Gasteiger partial charge in [-0.25, -0.2) is 9.50 Å². The van der Waals surface area contributed by atoms with E-state index in [0.29, 0.717) is 12.1 Å². The van der Waals surface area contributed by atoms with Crippen molar-refractivity contribution in [3.63, 3.8) is 0 Å². The van der Waals surface area contributed by atoms with E-state index in [0.717, 1.165) is 22.8 Å². The molecule has 0 aliphatic carbocycles. The van der Waals surface area contributed by atoms with Crippen LogP contribution in [0.5, 0.6) is 0 Å². The zero-order valence-electron chi connectivity index (χ0n) is 14.0. The fourth-order valence-electron chi connectivity index (χ4n) is 2.45. The van der Waals surface area contributed by atoms with E-state index in [2.05, 4.69) is 46.6 Å². The van der Waals surface area contributed by atoms with Crippen LogP contribution < -0.4 is 5.32 Å². The van der Waals surface area contributed by atoms with E-state index in [1.165, 1.54) is 10.5 Å². The first-order chi connectivity index (χ1) is 11.5. The number of fused-ring (bicyclic) bond motifs is 1. The van der Waals surface area contributed by atoms with E-state index in [1.54, 1.807) is 22.5 Å². The van der Waals surface area contributed by atoms with Gasteiger partial charge in [-0.15, -0.1) is 11.8 Å². The normalized spacial score (nSPS) is 11.0. The lowest BCUT2D eigenvalue weighted by atomic mass is 10.2. The van der Waals surface area contributed by atoms with Crippen LogP contribution in [0.4, 0.5) is 0 Å². The SMILES string of the molecule is Cc1ccc(SCCNC(=O)c2cnc3cc(C)nn3c2C)cc1. The predicted molar refractivity (Wildman–Crippen MR) is 96.7 cm³/mol. The van der Waals surface area contributed by atoms with Crippen molar-refractivity contribution < 1.29 is 4.79 Å². The maximum Gasteiger partial charge on any atom is 0.254 e. The molecule has 0 radical (unpaired) electrons. The lowest BCUT2D eigenvalue weighted by Crippen LogP contribution is -2.27. The van der Waals surface area contributed by atoms with Crippen LogP contribution in [-0.2, 0) is 0 Å². The molecule has 5 nitrogen and oxygen atoms in total. The van der Waals surface area contributed by atoms with Crippen molar-refractivity contribution in [2.75, 3.05) is 12.3 Å². The first kappa shape index (κ1) is 16.5. The number of aryl methyl sites for hydroxylation is 3. The van der Waals surface area contributed by atoms with E-state index in [4.69, 9.17) is 0 Å². The molecule has 6 heteroatoms. The van der Waals surface area contributed by atoms with Gasteiger partial charge in [0.25, 0.3) is 5.91 Å². The third-order valence-corrected chi connectivity index (χ3v) is 4.78. The Balaban J connectivity index is 1.59. The van der Waals surface area contributed by atoms with Crippen molar-refractivity contribution in [2.45, 2.75) is 25.7 Å². The summed E-state index contributed by atoms with van der Waals surface area (Å²) < 4.78 is 1.71. The Morgan fingerprint density at radius 2 is 1.96 bits per heavy atom. The number of carbonyl (C=O) groups is 1. The summed E-state index contributed by atoms with van der Waals surface area (Å²) in [5.74, 6) is 0.712. The highest BCUT2D eigenvalue weighted by molar-refractivity contribution is 7.99. The van der Waals surface area contributed by atoms with Crippen molar-refractivity contribution >= 4 is 23.3 Å². The summed E-state index contributed by atoms with van der Waals surface area (Å²) in [5.41, 5.74) is 4.26. The zero-order chi connectivity index (χ0) is 17.1. The summed E-state index contributed by atoms with van der Waals surface area (Å²) >= 11 is 1.73. The van der Waals surface area contributed by atoms with Crippen molar-refractivity contribution in [1.29, 1.82) is 0 Å². The fourth-order valence-corrected chi connectivity index (χ4v) is 3.22. The van der Waals surface area contributed by atoms with Crippen LogP contribution >= 0.6 is 11.8 Å². The number of nitrogens with one attached hydrogen (secondary N) is 1. The molecule has 0 spiro atoms. The summed E-state index contributed by atoms with van der Waals surface area (Å²) in [4.78, 5) is 17.9. The molecule has 0 unspecified atom stereocenters. The molecule has 0 atom stereocenters. The summed E-state index contributed by atoms with van der Waals surface area (Å²) in [7, 11) is 0. The lowest BCUT2D eigenvalue weighted by Gasteiger charge is -2.08. The smallest absolute Gasteiger partial charge is 0.254 e. The molecular formula is C18H20N4OS. The standard InChI is InChI=1S/C18H20N4OS/c1-12-4-6-15(7-5-12)24-9-8-19-18(23)16-11-20-17-10-13(2)21-22(17)14(16)3/h4-7,10-11H,8-9H2,1-3H3,(H,19,23). The number of hydrogen-bond acceptors (Lipinski definition) is 4. The van der Waals surface area contributed by atoms with Gasteiger partial charge in [0.05, 0.1) is 17.0 Å². The van der Waals surface area contributed by atoms with Gasteiger partial charge in [-0.3, -0.25) is 4.79 Å². The Bertz CT molecular complexity index is 871. The molecule has 0 saturated heterocycles. The van der Waals surface area contributed by atoms with Gasteiger partial charge in [0.1, 0.15) is 0 Å². The number of aromatic nitrogens is 3. The summed E-state index contributed by atoms with van der Waals surface area (Å²) in [6.45, 7) is 6.48. The van der Waals surface area contributed by atoms with Crippen LogP contribution in [0.2, 0.25) is 0 Å². The number of carbonyl (C=O) groups excluding carboxylic acids is 1. The Morgan fingerprint density at radius 1 is 1.21 bits per heavy atom. The monoisotopic (exact) mass is 340 g/mol. The van der Waals surface area contributed by atoms with Gasteiger partial charge in [-0.1, -0.05) is 17.7 Å². The van der Waals surface area contributed by atoms with Crippen LogP contribution in [0.25, 0.3) is 5.65 Å². The first-order valence-corrected chi connectivity index (χ1v) is 8.83. The molecule has 3 aromatic rings. The third kappa shape index (κ3) is 3.59. The van der Waals surface area contributed by atoms with Crippen molar-refractivity contribution in [3.8, 4) is 0 Å². The van der Waals surface area contributed by atoms with Crippen molar-refractivity contribution in [1.82, 2.24) is 19.9 Å². The minimum Gasteiger partial charge on any atom is -0.351 e. The molecule has 0 bridgehead atoms. The van der Waals surface area contributed by atoms with Gasteiger partial charge >= 0.3 is 0 Å². The highest BCUT2D eigenvalue weighted by atomic mass is 32.2. The topological polar surface area (TPSA) is 59.3 Å². The van der Waals surface area contributed by atoms with E-state index in [9.17, 15) is 4.79 Å². The van der Waals surface area contributed by atoms with Gasteiger partial charge < -0.3 is 5.32 Å². The molecular weight excluding hydrogens is 320 g/mol. The summed E-state index contributed by atoms with van der Waals surface area (Å²) in [6, 6.07) is 10.3. The van der Waals surface area contributed by atoms with E-state index >= 15 is 0 Å². The molecule has 1 aromatic carbocycles. The number of nitrogens with zero attached hydrogens (tertiary/aromatic N) is 3. The van der Waals surface area contributed by atoms with Gasteiger partial charge in [-0.05, 0) is 32.9 Å². The average molecular weight is 340 g/mol. The summed E-state index contributed by atoms with van der Waals surface area (Å²) in [6.07, 6.45) is 1.62. The van der Waals surface area contributed by atoms with E-state index < -0.39 is 0 Å². The van der Waals surface area contributed by atoms with Crippen LogP contribution in [0.3, 0.4) is 0 Å². The van der Waals surface area contributed by atoms with Crippen LogP contribution in [0.15, 0.2) is 41.4 Å². The number of rotatable bonds is 5. The van der Waals surface area contributed by atoms with E-state index in [-0.39, 0.29) is 5.91 Å². The largest absolute Gasteiger partial charge is 0.351 e. The van der Waals surface area contributed by atoms with E-state index in [1.807, 2.05) is 19.9 Å². The molecule has 0 saturated carbocycles. The van der Waals surface area contributed by atoms with Crippen LogP contribution in [0, 0.1) is 20.8 Å². The Hall–Kier alpha value is -2.34. The molecule has 1 amide bonds. The van der Waals surface area contributed by atoms with Gasteiger partial charge in [0.15, 0.2) is 5.65 Å². The fraction of sp³-hybridized carbons (Fsp3) is 0.278. The number of benzene rings is 1. The molecule has 0 aliphatic heterocycles. The first-order valence-electron chi connectivity index (χ1n) is 7.84. The molecule has 124 valence electrons. The van der Waals surface area contributed by atoms with Crippen LogP contribution in [-0.4, -0.2) is 32.8 Å². The van der Waals surface area contributed by atoms with Gasteiger partial charge in [0.2, 0.25) is 0 Å². The van der Waals surface area contributed by atoms with Crippen LogP contribution in [0.1, 0.15) is 27.3 Å². The highest BCUT2D eigenvalue weighted by Crippen LogP contribution is 2.17. The quantitative estimate of drug-likeness (QED) is 0.572. The molecule has 2 aromatic heterocycles. The minimum atomic E-state index is -0.112. The molecule has 1 N–H and O–H groups in total. The molecule has 24 heavy (non-hydrogen) atoms. The third-order valence-electron chi connectivity index (χ3n) is 3.77. The molecule has 2 heterocycles. The molecule has 3 rings (SSSR count). The number of hydrogen-bond donors (Lipinski definition) is 1. The molecule has 0 fully saturated rings. The Morgan fingerprint density at radius 3 is 2.71 bits per heavy atom. The number of amides is 1. The second kappa shape index (κ2) is 7.05. The second-order valence-electron chi connectivity index (χ2n) is 5.73. The number of thioether (sulfide) groups is 1. The van der Waals surface area contributed by atoms with Crippen molar-refractivity contribution in [2.24, 2.45) is 0 Å². The predicted octanol–water partition coefficient (Wildman–Crippen LogP) is 3.18. The highest BCUT2D eigenvalue weighted by Gasteiger charge is 2.13. The van der Waals surface area contributed by atoms with Gasteiger partial charge in [-0.2, -0.15) is 5.10 Å². The maximum atomic E-state index is 12.4. The summed E-state index contributed by atoms with van der Waals surface area (Å²) in [5, 5.41) is 7.32. The average Bonchev–Trinajstić information content (AvgIpc) is 2.95. The Kier molecular flexibility index (Phi) is 4.85. The zero-order valence-corrected chi connectivity index (χ0v) is 14.9. The Labute approximate surface area is 145 Å². The molecule has 0 aliphatic rings. The lowest BCUT2D eigenvalue weighted by molar-refractivity contribution is 0.0954. The minimum absolute atomic E-state index is 0.112. The second-order valence-corrected chi connectivity index (χ2v) is 6.90. The maximum absolute atomic E-state index is 12.4. The van der Waals surface area contributed by atoms with Crippen molar-refractivity contribution in [3.05, 3.63) is 59.0 Å².